The monoisotopic (exact) mass is 525 g/mol. The molecule has 4 aromatic rings. The van der Waals surface area contributed by atoms with Gasteiger partial charge in [0.15, 0.2) is 15.5 Å². The zero-order valence-corrected chi connectivity index (χ0v) is 19.5. The highest BCUT2D eigenvalue weighted by Gasteiger charge is 2.32. The van der Waals surface area contributed by atoms with Crippen molar-refractivity contribution in [3.05, 3.63) is 113 Å². The molecule has 0 aliphatic heterocycles. The second-order valence-corrected chi connectivity index (χ2v) is 9.88. The van der Waals surface area contributed by atoms with E-state index in [9.17, 15) is 0 Å². The fourth-order valence-electron chi connectivity index (χ4n) is 3.15. The highest BCUT2D eigenvalue weighted by atomic mass is 127. The van der Waals surface area contributed by atoms with Gasteiger partial charge < -0.3 is 9.47 Å². The first kappa shape index (κ1) is 20.8. The van der Waals surface area contributed by atoms with Crippen LogP contribution in [-0.2, 0) is 10.9 Å². The quantitative estimate of drug-likeness (QED) is 0.145. The van der Waals surface area contributed by atoms with Crippen molar-refractivity contribution in [1.29, 1.82) is 0 Å². The lowest BCUT2D eigenvalue weighted by Crippen LogP contribution is -2.21. The summed E-state index contributed by atoms with van der Waals surface area (Å²) in [5.41, 5.74) is 0. The molecule has 4 rings (SSSR count). The molecule has 0 spiro atoms. The Labute approximate surface area is 194 Å². The van der Waals surface area contributed by atoms with Crippen molar-refractivity contribution in [2.45, 2.75) is 27.9 Å². The molecule has 4 aromatic carbocycles. The summed E-state index contributed by atoms with van der Waals surface area (Å²) >= 11 is 2.28. The molecule has 30 heavy (non-hydrogen) atoms. The van der Waals surface area contributed by atoms with Crippen molar-refractivity contribution in [2.75, 3.05) is 0 Å². The normalized spacial score (nSPS) is 11.8. The predicted octanol–water partition coefficient (Wildman–Crippen LogP) is 7.19. The molecular formula is C26H22IO2S+. The van der Waals surface area contributed by atoms with Crippen LogP contribution in [0.25, 0.3) is 0 Å². The van der Waals surface area contributed by atoms with E-state index in [4.69, 9.17) is 9.47 Å². The Balaban J connectivity index is 1.66. The third-order valence-electron chi connectivity index (χ3n) is 4.42. The molecule has 4 heteroatoms. The van der Waals surface area contributed by atoms with Gasteiger partial charge in [0, 0.05) is 10.5 Å². The molecule has 0 radical (unpaired) electrons. The van der Waals surface area contributed by atoms with Crippen molar-refractivity contribution in [2.24, 2.45) is 0 Å². The second-order valence-electron chi connectivity index (χ2n) is 6.64. The number of halogens is 1. The molecule has 1 unspecified atom stereocenters. The highest BCUT2D eigenvalue weighted by molar-refractivity contribution is 14.1. The minimum absolute atomic E-state index is 0.274. The Morgan fingerprint density at radius 3 is 1.90 bits per heavy atom. The van der Waals surface area contributed by atoms with Crippen LogP contribution in [0.5, 0.6) is 11.5 Å². The molecule has 0 amide bonds. The van der Waals surface area contributed by atoms with E-state index < -0.39 is 6.29 Å². The Kier molecular flexibility index (Phi) is 6.97. The zero-order chi connectivity index (χ0) is 20.8. The van der Waals surface area contributed by atoms with Crippen molar-refractivity contribution in [3.63, 3.8) is 0 Å². The van der Waals surface area contributed by atoms with Crippen LogP contribution >= 0.6 is 22.6 Å². The highest BCUT2D eigenvalue weighted by Crippen LogP contribution is 2.37. The molecule has 2 nitrogen and oxygen atoms in total. The summed E-state index contributed by atoms with van der Waals surface area (Å²) in [7, 11) is -0.274. The van der Waals surface area contributed by atoms with E-state index in [2.05, 4.69) is 95.4 Å². The molecular weight excluding hydrogens is 503 g/mol. The second kappa shape index (κ2) is 10.0. The number of ether oxygens (including phenoxy) is 2. The van der Waals surface area contributed by atoms with Crippen LogP contribution in [0.15, 0.2) is 124 Å². The van der Waals surface area contributed by atoms with Crippen LogP contribution < -0.4 is 9.47 Å². The lowest BCUT2D eigenvalue weighted by atomic mass is 10.3. The minimum atomic E-state index is -0.415. The molecule has 0 aliphatic carbocycles. The van der Waals surface area contributed by atoms with Crippen molar-refractivity contribution >= 4 is 33.5 Å². The van der Waals surface area contributed by atoms with Gasteiger partial charge in [0.05, 0.1) is 0 Å². The molecule has 0 aromatic heterocycles. The maximum absolute atomic E-state index is 6.30. The van der Waals surface area contributed by atoms with Crippen LogP contribution in [0.4, 0.5) is 0 Å². The van der Waals surface area contributed by atoms with Gasteiger partial charge in [-0.1, -0.05) is 54.6 Å². The van der Waals surface area contributed by atoms with E-state index in [1.54, 1.807) is 0 Å². The average molecular weight is 525 g/mol. The summed E-state index contributed by atoms with van der Waals surface area (Å²) < 4.78 is 13.4. The lowest BCUT2D eigenvalue weighted by molar-refractivity contribution is 0.0200. The summed E-state index contributed by atoms with van der Waals surface area (Å²) in [6.07, 6.45) is -0.415. The van der Waals surface area contributed by atoms with E-state index in [-0.39, 0.29) is 10.9 Å². The molecule has 0 N–H and O–H groups in total. The molecule has 1 atom stereocenters. The number of hydrogen-bond acceptors (Lipinski definition) is 2. The summed E-state index contributed by atoms with van der Waals surface area (Å²) in [5, 5.41) is 0. The van der Waals surface area contributed by atoms with Crippen LogP contribution in [0.1, 0.15) is 6.92 Å². The minimum Gasteiger partial charge on any atom is -0.455 e. The first-order valence-corrected chi connectivity index (χ1v) is 12.0. The Morgan fingerprint density at radius 2 is 1.27 bits per heavy atom. The van der Waals surface area contributed by atoms with E-state index in [1.807, 2.05) is 43.3 Å². The van der Waals surface area contributed by atoms with Crippen LogP contribution in [0.3, 0.4) is 0 Å². The van der Waals surface area contributed by atoms with E-state index in [0.717, 1.165) is 20.0 Å². The van der Waals surface area contributed by atoms with Gasteiger partial charge in [0.1, 0.15) is 16.6 Å². The van der Waals surface area contributed by atoms with Gasteiger partial charge in [-0.3, -0.25) is 0 Å². The number of rotatable bonds is 7. The molecule has 0 fully saturated rings. The summed E-state index contributed by atoms with van der Waals surface area (Å²) in [6.45, 7) is 1.93. The topological polar surface area (TPSA) is 18.5 Å². The third-order valence-corrected chi connectivity index (χ3v) is 7.35. The first-order chi connectivity index (χ1) is 14.7. The molecule has 0 saturated carbocycles. The molecule has 0 aliphatic rings. The standard InChI is InChI=1S/C26H22IO2S/c1-20(28-22-12-10-11-21(27)19-22)29-25-17-8-9-18-26(25)30(23-13-4-2-5-14-23)24-15-6-3-7-16-24/h2-20H,1H3/q+1. The Morgan fingerprint density at radius 1 is 0.667 bits per heavy atom. The van der Waals surface area contributed by atoms with Crippen LogP contribution in [-0.4, -0.2) is 6.29 Å². The Hall–Kier alpha value is -2.44. The largest absolute Gasteiger partial charge is 0.455 e. The van der Waals surface area contributed by atoms with Gasteiger partial charge in [0.25, 0.3) is 0 Å². The first-order valence-electron chi connectivity index (χ1n) is 9.73. The predicted molar refractivity (Wildman–Crippen MR) is 131 cm³/mol. The maximum Gasteiger partial charge on any atom is 0.238 e. The molecule has 150 valence electrons. The maximum atomic E-state index is 6.30. The fourth-order valence-corrected chi connectivity index (χ4v) is 5.84. The van der Waals surface area contributed by atoms with Crippen molar-refractivity contribution in [1.82, 2.24) is 0 Å². The lowest BCUT2D eigenvalue weighted by Gasteiger charge is -2.18. The van der Waals surface area contributed by atoms with Gasteiger partial charge in [-0.05, 0) is 77.2 Å². The van der Waals surface area contributed by atoms with Crippen LogP contribution in [0, 0.1) is 3.57 Å². The molecule has 0 bridgehead atoms. The average Bonchev–Trinajstić information content (AvgIpc) is 2.77. The van der Waals surface area contributed by atoms with E-state index in [0.29, 0.717) is 0 Å². The molecule has 0 heterocycles. The van der Waals surface area contributed by atoms with Gasteiger partial charge in [-0.15, -0.1) is 0 Å². The van der Waals surface area contributed by atoms with Gasteiger partial charge in [0.2, 0.25) is 11.2 Å². The number of hydrogen-bond donors (Lipinski definition) is 0. The van der Waals surface area contributed by atoms with Gasteiger partial charge in [-0.2, -0.15) is 0 Å². The smallest absolute Gasteiger partial charge is 0.238 e. The van der Waals surface area contributed by atoms with Gasteiger partial charge >= 0.3 is 0 Å². The van der Waals surface area contributed by atoms with Crippen molar-refractivity contribution in [3.8, 4) is 11.5 Å². The van der Waals surface area contributed by atoms with Crippen LogP contribution in [0.2, 0.25) is 0 Å². The fraction of sp³-hybridized carbons (Fsp3) is 0.0769. The SMILES string of the molecule is CC(Oc1cccc(I)c1)Oc1ccccc1[S+](c1ccccc1)c1ccccc1. The van der Waals surface area contributed by atoms with Gasteiger partial charge in [-0.25, -0.2) is 0 Å². The summed E-state index contributed by atoms with van der Waals surface area (Å²) in [6, 6.07) is 37.4. The van der Waals surface area contributed by atoms with E-state index in [1.165, 1.54) is 9.79 Å². The van der Waals surface area contributed by atoms with Crippen molar-refractivity contribution < 1.29 is 9.47 Å². The summed E-state index contributed by atoms with van der Waals surface area (Å²) in [5.74, 6) is 1.64. The zero-order valence-electron chi connectivity index (χ0n) is 16.6. The number of benzene rings is 4. The number of para-hydroxylation sites is 1. The summed E-state index contributed by atoms with van der Waals surface area (Å²) in [4.78, 5) is 3.66. The molecule has 0 saturated heterocycles. The van der Waals surface area contributed by atoms with E-state index >= 15 is 0 Å². The Bertz CT molecular complexity index is 1050. The third kappa shape index (κ3) is 5.18.